The number of rotatable bonds is 4. The Morgan fingerprint density at radius 1 is 1.33 bits per heavy atom. The Morgan fingerprint density at radius 3 is 2.76 bits per heavy atom. The first-order chi connectivity index (χ1) is 9.90. The van der Waals surface area contributed by atoms with Gasteiger partial charge in [0.2, 0.25) is 0 Å². The molecule has 0 atom stereocenters. The van der Waals surface area contributed by atoms with Crippen LogP contribution in [0.3, 0.4) is 0 Å². The highest BCUT2D eigenvalue weighted by atomic mass is 19.4. The van der Waals surface area contributed by atoms with Crippen LogP contribution in [-0.4, -0.2) is 36.6 Å². The summed E-state index contributed by atoms with van der Waals surface area (Å²) in [5.74, 6) is -0.553. The summed E-state index contributed by atoms with van der Waals surface area (Å²) in [6, 6.07) is 5.19. The molecule has 1 aliphatic heterocycles. The Bertz CT molecular complexity index is 514. The van der Waals surface area contributed by atoms with Crippen molar-refractivity contribution < 1.29 is 18.0 Å². The molecule has 0 aliphatic carbocycles. The third-order valence-electron chi connectivity index (χ3n) is 3.49. The number of halogens is 3. The monoisotopic (exact) mass is 300 g/mol. The van der Waals surface area contributed by atoms with Crippen molar-refractivity contribution >= 4 is 5.91 Å². The number of nitrogens with zero attached hydrogens (tertiary/aromatic N) is 1. The summed E-state index contributed by atoms with van der Waals surface area (Å²) >= 11 is 0. The zero-order chi connectivity index (χ0) is 15.5. The summed E-state index contributed by atoms with van der Waals surface area (Å²) in [6.07, 6.45) is -3.00. The number of benzene rings is 1. The van der Waals surface area contributed by atoms with Crippen molar-refractivity contribution in [1.82, 2.24) is 10.2 Å². The van der Waals surface area contributed by atoms with Gasteiger partial charge in [0.1, 0.15) is 6.54 Å². The number of carbonyl (C=O) groups excluding carboxylic acids is 1. The van der Waals surface area contributed by atoms with Gasteiger partial charge in [0.25, 0.3) is 5.91 Å². The first kappa shape index (κ1) is 15.8. The molecule has 0 radical (unpaired) electrons. The summed E-state index contributed by atoms with van der Waals surface area (Å²) in [5, 5.41) is 3.19. The van der Waals surface area contributed by atoms with Gasteiger partial charge in [-0.25, -0.2) is 0 Å². The van der Waals surface area contributed by atoms with E-state index in [-0.39, 0.29) is 6.54 Å². The molecule has 0 spiro atoms. The number of nitrogens with one attached hydrogen (secondary N) is 1. The Labute approximate surface area is 122 Å². The van der Waals surface area contributed by atoms with Gasteiger partial charge in [-0.15, -0.1) is 0 Å². The Kier molecular flexibility index (Phi) is 4.88. The lowest BCUT2D eigenvalue weighted by molar-refractivity contribution is -0.140. The summed E-state index contributed by atoms with van der Waals surface area (Å²) in [5.41, 5.74) is 2.48. The standard InChI is InChI=1S/C15H19F3N2O/c1-2-7-20(10-15(16,17)18)14(21)12-4-3-11-5-6-19-9-13(11)8-12/h3-4,8,19H,2,5-7,9-10H2,1H3. The lowest BCUT2D eigenvalue weighted by Gasteiger charge is -2.24. The molecule has 0 fully saturated rings. The Hall–Kier alpha value is -1.56. The van der Waals surface area contributed by atoms with Gasteiger partial charge in [-0.3, -0.25) is 4.79 Å². The predicted octanol–water partition coefficient (Wildman–Crippen LogP) is 2.75. The van der Waals surface area contributed by atoms with Crippen molar-refractivity contribution in [1.29, 1.82) is 0 Å². The second-order valence-electron chi connectivity index (χ2n) is 5.25. The van der Waals surface area contributed by atoms with Crippen LogP contribution < -0.4 is 5.32 Å². The first-order valence-electron chi connectivity index (χ1n) is 7.09. The van der Waals surface area contributed by atoms with Gasteiger partial charge in [-0.05, 0) is 42.6 Å². The van der Waals surface area contributed by atoms with Gasteiger partial charge in [-0.1, -0.05) is 13.0 Å². The van der Waals surface area contributed by atoms with Crippen LogP contribution in [0.15, 0.2) is 18.2 Å². The van der Waals surface area contributed by atoms with Gasteiger partial charge < -0.3 is 10.2 Å². The van der Waals surface area contributed by atoms with Crippen molar-refractivity contribution in [2.24, 2.45) is 0 Å². The molecule has 1 aliphatic rings. The molecule has 2 rings (SSSR count). The van der Waals surface area contributed by atoms with E-state index < -0.39 is 18.6 Å². The van der Waals surface area contributed by atoms with Crippen molar-refractivity contribution in [3.8, 4) is 0 Å². The van der Waals surface area contributed by atoms with Crippen molar-refractivity contribution in [2.75, 3.05) is 19.6 Å². The summed E-state index contributed by atoms with van der Waals surface area (Å²) in [7, 11) is 0. The smallest absolute Gasteiger partial charge is 0.330 e. The fraction of sp³-hybridized carbons (Fsp3) is 0.533. The fourth-order valence-electron chi connectivity index (χ4n) is 2.53. The van der Waals surface area contributed by atoms with E-state index in [0.717, 1.165) is 29.0 Å². The SMILES string of the molecule is CCCN(CC(F)(F)F)C(=O)c1ccc2c(c1)CNCC2. The summed E-state index contributed by atoms with van der Waals surface area (Å²) in [6.45, 7) is 2.20. The van der Waals surface area contributed by atoms with Crippen molar-refractivity contribution in [2.45, 2.75) is 32.5 Å². The number of fused-ring (bicyclic) bond motifs is 1. The highest BCUT2D eigenvalue weighted by Crippen LogP contribution is 2.21. The fourth-order valence-corrected chi connectivity index (χ4v) is 2.53. The molecule has 1 N–H and O–H groups in total. The number of amides is 1. The van der Waals surface area contributed by atoms with Crippen LogP contribution in [-0.2, 0) is 13.0 Å². The average molecular weight is 300 g/mol. The van der Waals surface area contributed by atoms with Gasteiger partial charge in [-0.2, -0.15) is 13.2 Å². The van der Waals surface area contributed by atoms with Crippen LogP contribution in [0.5, 0.6) is 0 Å². The van der Waals surface area contributed by atoms with E-state index in [1.807, 2.05) is 6.07 Å². The molecule has 1 aromatic carbocycles. The molecule has 116 valence electrons. The van der Waals surface area contributed by atoms with Crippen LogP contribution >= 0.6 is 0 Å². The summed E-state index contributed by atoms with van der Waals surface area (Å²) < 4.78 is 37.7. The maximum absolute atomic E-state index is 12.6. The quantitative estimate of drug-likeness (QED) is 0.927. The van der Waals surface area contributed by atoms with Gasteiger partial charge >= 0.3 is 6.18 Å². The molecule has 21 heavy (non-hydrogen) atoms. The number of hydrogen-bond donors (Lipinski definition) is 1. The third kappa shape index (κ3) is 4.20. The van der Waals surface area contributed by atoms with E-state index in [9.17, 15) is 18.0 Å². The van der Waals surface area contributed by atoms with Crippen LogP contribution in [0.25, 0.3) is 0 Å². The Balaban J connectivity index is 2.20. The largest absolute Gasteiger partial charge is 0.406 e. The molecular formula is C15H19F3N2O. The maximum Gasteiger partial charge on any atom is 0.406 e. The topological polar surface area (TPSA) is 32.3 Å². The van der Waals surface area contributed by atoms with Crippen LogP contribution in [0.4, 0.5) is 13.2 Å². The molecule has 0 aromatic heterocycles. The second kappa shape index (κ2) is 6.47. The minimum Gasteiger partial charge on any atom is -0.330 e. The maximum atomic E-state index is 12.6. The minimum atomic E-state index is -4.37. The van der Waals surface area contributed by atoms with E-state index in [1.54, 1.807) is 19.1 Å². The first-order valence-corrected chi connectivity index (χ1v) is 7.09. The third-order valence-corrected chi connectivity index (χ3v) is 3.49. The molecule has 0 bridgehead atoms. The highest BCUT2D eigenvalue weighted by molar-refractivity contribution is 5.94. The normalized spacial score (nSPS) is 14.7. The number of carbonyl (C=O) groups is 1. The molecule has 1 aromatic rings. The van der Waals surface area contributed by atoms with Crippen LogP contribution in [0.2, 0.25) is 0 Å². The predicted molar refractivity (Wildman–Crippen MR) is 74.1 cm³/mol. The van der Waals surface area contributed by atoms with Crippen LogP contribution in [0.1, 0.15) is 34.8 Å². The highest BCUT2D eigenvalue weighted by Gasteiger charge is 2.33. The number of alkyl halides is 3. The van der Waals surface area contributed by atoms with E-state index in [4.69, 9.17) is 0 Å². The Morgan fingerprint density at radius 2 is 2.10 bits per heavy atom. The molecule has 0 saturated carbocycles. The van der Waals surface area contributed by atoms with E-state index in [2.05, 4.69) is 5.32 Å². The lowest BCUT2D eigenvalue weighted by Crippen LogP contribution is -2.39. The van der Waals surface area contributed by atoms with Crippen molar-refractivity contribution in [3.63, 3.8) is 0 Å². The molecular weight excluding hydrogens is 281 g/mol. The van der Waals surface area contributed by atoms with E-state index in [1.165, 1.54) is 0 Å². The zero-order valence-corrected chi connectivity index (χ0v) is 12.0. The molecule has 6 heteroatoms. The summed E-state index contributed by atoms with van der Waals surface area (Å²) in [4.78, 5) is 13.2. The molecule has 0 unspecified atom stereocenters. The molecule has 1 heterocycles. The van der Waals surface area contributed by atoms with Gasteiger partial charge in [0, 0.05) is 18.7 Å². The van der Waals surface area contributed by atoms with Gasteiger partial charge in [0.15, 0.2) is 0 Å². The molecule has 0 saturated heterocycles. The zero-order valence-electron chi connectivity index (χ0n) is 12.0. The van der Waals surface area contributed by atoms with E-state index in [0.29, 0.717) is 18.5 Å². The second-order valence-corrected chi connectivity index (χ2v) is 5.25. The minimum absolute atomic E-state index is 0.105. The van der Waals surface area contributed by atoms with Crippen LogP contribution in [0, 0.1) is 0 Å². The average Bonchev–Trinajstić information content (AvgIpc) is 2.44. The molecule has 1 amide bonds. The van der Waals surface area contributed by atoms with Gasteiger partial charge in [0.05, 0.1) is 0 Å². The van der Waals surface area contributed by atoms with E-state index >= 15 is 0 Å². The molecule has 3 nitrogen and oxygen atoms in total. The lowest BCUT2D eigenvalue weighted by atomic mass is 9.98. The number of hydrogen-bond acceptors (Lipinski definition) is 2. The van der Waals surface area contributed by atoms with Crippen molar-refractivity contribution in [3.05, 3.63) is 34.9 Å².